The van der Waals surface area contributed by atoms with Gasteiger partial charge in [0.25, 0.3) is 0 Å². The van der Waals surface area contributed by atoms with Crippen LogP contribution in [0.25, 0.3) is 0 Å². The lowest BCUT2D eigenvalue weighted by molar-refractivity contribution is 0.372. The minimum Gasteiger partial charge on any atom is -0.504 e. The molecule has 2 N–H and O–H groups in total. The molecule has 0 aliphatic carbocycles. The molecule has 0 unspecified atom stereocenters. The summed E-state index contributed by atoms with van der Waals surface area (Å²) in [7, 11) is 1.57. The highest BCUT2D eigenvalue weighted by atomic mass is 16.5. The van der Waals surface area contributed by atoms with Gasteiger partial charge in [-0.1, -0.05) is 45.1 Å². The largest absolute Gasteiger partial charge is 0.504 e. The van der Waals surface area contributed by atoms with E-state index in [1.54, 1.807) is 13.2 Å². The molecule has 1 aromatic carbocycles. The predicted molar refractivity (Wildman–Crippen MR) is 79.7 cm³/mol. The van der Waals surface area contributed by atoms with Crippen molar-refractivity contribution in [1.82, 2.24) is 5.32 Å². The molecule has 1 aromatic rings. The fourth-order valence-corrected chi connectivity index (χ4v) is 2.10. The number of methoxy groups -OCH3 is 1. The van der Waals surface area contributed by atoms with Gasteiger partial charge < -0.3 is 15.2 Å². The van der Waals surface area contributed by atoms with E-state index in [1.165, 1.54) is 38.5 Å². The molecule has 108 valence electrons. The predicted octanol–water partition coefficient (Wildman–Crippen LogP) is 3.85. The molecule has 0 heterocycles. The van der Waals surface area contributed by atoms with Crippen molar-refractivity contribution in [3.63, 3.8) is 0 Å². The number of hydrogen-bond donors (Lipinski definition) is 2. The van der Waals surface area contributed by atoms with Crippen LogP contribution >= 0.6 is 0 Å². The lowest BCUT2D eigenvalue weighted by Gasteiger charge is -2.08. The van der Waals surface area contributed by atoms with Crippen molar-refractivity contribution < 1.29 is 9.84 Å². The first-order chi connectivity index (χ1) is 9.27. The van der Waals surface area contributed by atoms with Crippen molar-refractivity contribution in [2.24, 2.45) is 0 Å². The van der Waals surface area contributed by atoms with E-state index >= 15 is 0 Å². The van der Waals surface area contributed by atoms with Gasteiger partial charge in [0.05, 0.1) is 7.11 Å². The maximum Gasteiger partial charge on any atom is 0.160 e. The van der Waals surface area contributed by atoms with Gasteiger partial charge in [0.1, 0.15) is 0 Å². The SMILES string of the molecule is CCCCCCCCNCc1ccc(O)c(OC)c1. The molecule has 0 fully saturated rings. The summed E-state index contributed by atoms with van der Waals surface area (Å²) < 4.78 is 5.09. The highest BCUT2D eigenvalue weighted by Gasteiger charge is 2.02. The van der Waals surface area contributed by atoms with Crippen LogP contribution in [0.2, 0.25) is 0 Å². The first kappa shape index (κ1) is 15.8. The molecule has 3 nitrogen and oxygen atoms in total. The fraction of sp³-hybridized carbons (Fsp3) is 0.625. The summed E-state index contributed by atoms with van der Waals surface area (Å²) in [4.78, 5) is 0. The lowest BCUT2D eigenvalue weighted by Crippen LogP contribution is -2.14. The maximum atomic E-state index is 9.50. The molecule has 0 spiro atoms. The monoisotopic (exact) mass is 265 g/mol. The Hall–Kier alpha value is -1.22. The van der Waals surface area contributed by atoms with E-state index in [-0.39, 0.29) is 5.75 Å². The number of rotatable bonds is 10. The molecule has 0 aliphatic heterocycles. The van der Waals surface area contributed by atoms with E-state index in [4.69, 9.17) is 4.74 Å². The molecule has 0 saturated carbocycles. The first-order valence-electron chi connectivity index (χ1n) is 7.34. The fourth-order valence-electron chi connectivity index (χ4n) is 2.10. The van der Waals surface area contributed by atoms with E-state index in [0.717, 1.165) is 18.7 Å². The number of phenolic OH excluding ortho intramolecular Hbond substituents is 1. The van der Waals surface area contributed by atoms with Crippen molar-refractivity contribution in [2.45, 2.75) is 52.0 Å². The van der Waals surface area contributed by atoms with Crippen LogP contribution in [0.5, 0.6) is 11.5 Å². The maximum absolute atomic E-state index is 9.50. The van der Waals surface area contributed by atoms with E-state index < -0.39 is 0 Å². The molecule has 3 heteroatoms. The summed E-state index contributed by atoms with van der Waals surface area (Å²) in [5.74, 6) is 0.737. The summed E-state index contributed by atoms with van der Waals surface area (Å²) in [5.41, 5.74) is 1.14. The summed E-state index contributed by atoms with van der Waals surface area (Å²) in [6.07, 6.45) is 7.93. The standard InChI is InChI=1S/C16H27NO2/c1-3-4-5-6-7-8-11-17-13-14-9-10-15(18)16(12-14)19-2/h9-10,12,17-18H,3-8,11,13H2,1-2H3. The van der Waals surface area contributed by atoms with Crippen LogP contribution < -0.4 is 10.1 Å². The number of ether oxygens (including phenoxy) is 1. The molecular formula is C16H27NO2. The highest BCUT2D eigenvalue weighted by Crippen LogP contribution is 2.26. The van der Waals surface area contributed by atoms with Crippen molar-refractivity contribution >= 4 is 0 Å². The molecule has 0 atom stereocenters. The van der Waals surface area contributed by atoms with Crippen LogP contribution in [-0.2, 0) is 6.54 Å². The van der Waals surface area contributed by atoms with Gasteiger partial charge in [0.2, 0.25) is 0 Å². The highest BCUT2D eigenvalue weighted by molar-refractivity contribution is 5.41. The van der Waals surface area contributed by atoms with Crippen molar-refractivity contribution in [1.29, 1.82) is 0 Å². The van der Waals surface area contributed by atoms with Crippen LogP contribution in [0.1, 0.15) is 51.0 Å². The van der Waals surface area contributed by atoms with Gasteiger partial charge in [-0.05, 0) is 30.7 Å². The third-order valence-corrected chi connectivity index (χ3v) is 3.28. The van der Waals surface area contributed by atoms with E-state index in [0.29, 0.717) is 5.75 Å². The van der Waals surface area contributed by atoms with Crippen molar-refractivity contribution in [2.75, 3.05) is 13.7 Å². The van der Waals surface area contributed by atoms with Gasteiger partial charge >= 0.3 is 0 Å². The van der Waals surface area contributed by atoms with E-state index in [9.17, 15) is 5.11 Å². The van der Waals surface area contributed by atoms with E-state index in [2.05, 4.69) is 12.2 Å². The first-order valence-corrected chi connectivity index (χ1v) is 7.34. The van der Waals surface area contributed by atoms with Crippen LogP contribution in [0, 0.1) is 0 Å². The van der Waals surface area contributed by atoms with E-state index in [1.807, 2.05) is 12.1 Å². The number of nitrogens with one attached hydrogen (secondary N) is 1. The summed E-state index contributed by atoms with van der Waals surface area (Å²) in [5, 5.41) is 12.9. The zero-order valence-corrected chi connectivity index (χ0v) is 12.2. The van der Waals surface area contributed by atoms with Gasteiger partial charge in [0.15, 0.2) is 11.5 Å². The molecule has 0 bridgehead atoms. The Kier molecular flexibility index (Phi) is 8.07. The Morgan fingerprint density at radius 3 is 2.58 bits per heavy atom. The minimum atomic E-state index is 0.196. The van der Waals surface area contributed by atoms with Crippen LogP contribution in [-0.4, -0.2) is 18.8 Å². The van der Waals surface area contributed by atoms with Gasteiger partial charge in [-0.2, -0.15) is 0 Å². The summed E-state index contributed by atoms with van der Waals surface area (Å²) in [6, 6.07) is 5.48. The number of aromatic hydroxyl groups is 1. The number of phenols is 1. The molecule has 0 radical (unpaired) electrons. The molecular weight excluding hydrogens is 238 g/mol. The summed E-state index contributed by atoms with van der Waals surface area (Å²) in [6.45, 7) is 4.12. The molecule has 0 amide bonds. The quantitative estimate of drug-likeness (QED) is 0.631. The lowest BCUT2D eigenvalue weighted by atomic mass is 10.1. The minimum absolute atomic E-state index is 0.196. The Labute approximate surface area is 117 Å². The number of benzene rings is 1. The Morgan fingerprint density at radius 1 is 1.11 bits per heavy atom. The number of unbranched alkanes of at least 4 members (excludes halogenated alkanes) is 5. The zero-order valence-electron chi connectivity index (χ0n) is 12.2. The molecule has 0 aromatic heterocycles. The molecule has 0 aliphatic rings. The number of hydrogen-bond acceptors (Lipinski definition) is 3. The van der Waals surface area contributed by atoms with Gasteiger partial charge in [-0.3, -0.25) is 0 Å². The van der Waals surface area contributed by atoms with Gasteiger partial charge in [-0.15, -0.1) is 0 Å². The Morgan fingerprint density at radius 2 is 1.84 bits per heavy atom. The average Bonchev–Trinajstić information content (AvgIpc) is 2.43. The van der Waals surface area contributed by atoms with Crippen LogP contribution in [0.3, 0.4) is 0 Å². The molecule has 1 rings (SSSR count). The molecule has 0 saturated heterocycles. The second-order valence-electron chi connectivity index (χ2n) is 4.95. The third kappa shape index (κ3) is 6.48. The average molecular weight is 265 g/mol. The summed E-state index contributed by atoms with van der Waals surface area (Å²) >= 11 is 0. The topological polar surface area (TPSA) is 41.5 Å². The smallest absolute Gasteiger partial charge is 0.160 e. The van der Waals surface area contributed by atoms with Gasteiger partial charge in [-0.25, -0.2) is 0 Å². The Bertz CT molecular complexity index is 353. The normalized spacial score (nSPS) is 10.6. The van der Waals surface area contributed by atoms with Crippen molar-refractivity contribution in [3.05, 3.63) is 23.8 Å². The zero-order chi connectivity index (χ0) is 13.9. The second-order valence-corrected chi connectivity index (χ2v) is 4.95. The molecule has 19 heavy (non-hydrogen) atoms. The van der Waals surface area contributed by atoms with Crippen LogP contribution in [0.15, 0.2) is 18.2 Å². The van der Waals surface area contributed by atoms with Crippen LogP contribution in [0.4, 0.5) is 0 Å². The van der Waals surface area contributed by atoms with Crippen molar-refractivity contribution in [3.8, 4) is 11.5 Å². The second kappa shape index (κ2) is 9.68. The Balaban J connectivity index is 2.12. The third-order valence-electron chi connectivity index (χ3n) is 3.28. The van der Waals surface area contributed by atoms with Gasteiger partial charge in [0, 0.05) is 6.54 Å².